The van der Waals surface area contributed by atoms with E-state index in [0.717, 1.165) is 25.4 Å². The second kappa shape index (κ2) is 9.41. The molecule has 1 nitrogen and oxygen atoms in total. The van der Waals surface area contributed by atoms with Gasteiger partial charge in [-0.05, 0) is 19.6 Å². The first kappa shape index (κ1) is 13.0. The molecule has 0 aliphatic heterocycles. The molecule has 0 saturated carbocycles. The molecule has 0 amide bonds. The van der Waals surface area contributed by atoms with E-state index in [1.165, 1.54) is 0 Å². The molecular weight excluding hydrogens is 207 g/mol. The molecule has 0 fully saturated rings. The van der Waals surface area contributed by atoms with Gasteiger partial charge in [0.1, 0.15) is 0 Å². The normalized spacial score (nSPS) is 9.33. The van der Waals surface area contributed by atoms with Gasteiger partial charge in [0.2, 0.25) is 0 Å². The van der Waals surface area contributed by atoms with E-state index in [9.17, 15) is 0 Å². The molecular formula is C6H14NSY-. The third kappa shape index (κ3) is 7.31. The quantitative estimate of drug-likeness (QED) is 0.648. The Morgan fingerprint density at radius 1 is 1.22 bits per heavy atom. The minimum Gasteiger partial charge on any atom is -0.791 e. The van der Waals surface area contributed by atoms with E-state index >= 15 is 0 Å². The van der Waals surface area contributed by atoms with Crippen LogP contribution in [0.1, 0.15) is 13.8 Å². The van der Waals surface area contributed by atoms with E-state index in [0.29, 0.717) is 0 Å². The second-order valence-corrected chi connectivity index (χ2v) is 2.14. The molecule has 0 aromatic carbocycles. The summed E-state index contributed by atoms with van der Waals surface area (Å²) >= 11 is 4.82. The maximum atomic E-state index is 4.82. The Balaban J connectivity index is 0. The summed E-state index contributed by atoms with van der Waals surface area (Å²) < 4.78 is 0. The van der Waals surface area contributed by atoms with Crippen LogP contribution in [0.5, 0.6) is 0 Å². The standard InChI is InChI=1S/C6H15NS.Y/c1-3-7(4-2)5-6-8;/h8H,3-6H2,1-2H3;/p-1. The molecule has 0 heterocycles. The zero-order chi connectivity index (χ0) is 6.41. The third-order valence-corrected chi connectivity index (χ3v) is 1.48. The average Bonchev–Trinajstić information content (AvgIpc) is 1.83. The fourth-order valence-electron chi connectivity index (χ4n) is 0.669. The van der Waals surface area contributed by atoms with Gasteiger partial charge in [-0.25, -0.2) is 0 Å². The first-order valence-corrected chi connectivity index (χ1v) is 3.73. The van der Waals surface area contributed by atoms with Crippen molar-refractivity contribution < 1.29 is 32.7 Å². The minimum absolute atomic E-state index is 0. The Hall–Kier alpha value is 1.41. The summed E-state index contributed by atoms with van der Waals surface area (Å²) in [5.41, 5.74) is 0. The Kier molecular flexibility index (Phi) is 13.6. The maximum absolute atomic E-state index is 4.82. The second-order valence-electron chi connectivity index (χ2n) is 1.73. The number of hydrogen-bond donors (Lipinski definition) is 0. The SMILES string of the molecule is CCN(CC)CC[S-].[Y]. The van der Waals surface area contributed by atoms with Crippen molar-refractivity contribution in [3.63, 3.8) is 0 Å². The smallest absolute Gasteiger partial charge is 0 e. The van der Waals surface area contributed by atoms with Crippen molar-refractivity contribution in [3.8, 4) is 0 Å². The Morgan fingerprint density at radius 3 is 1.78 bits per heavy atom. The molecule has 0 aromatic rings. The Bertz CT molecular complexity index is 48.3. The summed E-state index contributed by atoms with van der Waals surface area (Å²) in [6.07, 6.45) is 0. The van der Waals surface area contributed by atoms with Gasteiger partial charge in [-0.2, -0.15) is 5.75 Å². The predicted molar refractivity (Wildman–Crippen MR) is 40.0 cm³/mol. The van der Waals surface area contributed by atoms with Gasteiger partial charge in [0.15, 0.2) is 0 Å². The minimum atomic E-state index is 0. The van der Waals surface area contributed by atoms with E-state index in [2.05, 4.69) is 18.7 Å². The first-order valence-electron chi connectivity index (χ1n) is 3.15. The molecule has 9 heavy (non-hydrogen) atoms. The average molecular weight is 221 g/mol. The van der Waals surface area contributed by atoms with E-state index in [4.69, 9.17) is 12.6 Å². The first-order chi connectivity index (χ1) is 3.85. The molecule has 0 saturated heterocycles. The molecule has 0 aromatic heterocycles. The topological polar surface area (TPSA) is 3.24 Å². The van der Waals surface area contributed by atoms with E-state index < -0.39 is 0 Å². The van der Waals surface area contributed by atoms with Crippen LogP contribution in [0.2, 0.25) is 0 Å². The van der Waals surface area contributed by atoms with Gasteiger partial charge in [0, 0.05) is 32.7 Å². The van der Waals surface area contributed by atoms with Crippen molar-refractivity contribution in [1.82, 2.24) is 4.90 Å². The van der Waals surface area contributed by atoms with E-state index in [1.54, 1.807) is 0 Å². The van der Waals surface area contributed by atoms with Crippen molar-refractivity contribution in [3.05, 3.63) is 0 Å². The summed E-state index contributed by atoms with van der Waals surface area (Å²) in [6.45, 7) is 7.66. The fourth-order valence-corrected chi connectivity index (χ4v) is 0.927. The van der Waals surface area contributed by atoms with Gasteiger partial charge < -0.3 is 17.5 Å². The largest absolute Gasteiger partial charge is 0.791 e. The number of nitrogens with zero attached hydrogens (tertiary/aromatic N) is 1. The van der Waals surface area contributed by atoms with Gasteiger partial charge in [0.25, 0.3) is 0 Å². The Morgan fingerprint density at radius 2 is 1.67 bits per heavy atom. The Labute approximate surface area is 88.9 Å². The zero-order valence-electron chi connectivity index (χ0n) is 6.26. The van der Waals surface area contributed by atoms with Crippen molar-refractivity contribution in [2.45, 2.75) is 13.8 Å². The monoisotopic (exact) mass is 221 g/mol. The summed E-state index contributed by atoms with van der Waals surface area (Å²) in [5, 5.41) is 0. The molecule has 0 N–H and O–H groups in total. The molecule has 1 radical (unpaired) electrons. The molecule has 0 atom stereocenters. The van der Waals surface area contributed by atoms with Gasteiger partial charge in [0.05, 0.1) is 0 Å². The molecule has 0 aliphatic rings. The van der Waals surface area contributed by atoms with Crippen LogP contribution in [0, 0.1) is 0 Å². The number of rotatable bonds is 4. The molecule has 53 valence electrons. The van der Waals surface area contributed by atoms with Gasteiger partial charge >= 0.3 is 0 Å². The van der Waals surface area contributed by atoms with E-state index in [-0.39, 0.29) is 32.7 Å². The molecule has 0 spiro atoms. The summed E-state index contributed by atoms with van der Waals surface area (Å²) in [7, 11) is 0. The van der Waals surface area contributed by atoms with Gasteiger partial charge in [-0.1, -0.05) is 13.8 Å². The number of hydrogen-bond acceptors (Lipinski definition) is 2. The third-order valence-electron chi connectivity index (χ3n) is 1.30. The zero-order valence-corrected chi connectivity index (χ0v) is 9.92. The van der Waals surface area contributed by atoms with Crippen LogP contribution < -0.4 is 0 Å². The van der Waals surface area contributed by atoms with Crippen LogP contribution in [0.4, 0.5) is 0 Å². The van der Waals surface area contributed by atoms with Crippen LogP contribution in [0.15, 0.2) is 0 Å². The maximum Gasteiger partial charge on any atom is 0 e. The predicted octanol–water partition coefficient (Wildman–Crippen LogP) is 0.873. The van der Waals surface area contributed by atoms with Crippen molar-refractivity contribution in [1.29, 1.82) is 0 Å². The van der Waals surface area contributed by atoms with Crippen LogP contribution >= 0.6 is 0 Å². The summed E-state index contributed by atoms with van der Waals surface area (Å²) in [6, 6.07) is 0. The van der Waals surface area contributed by atoms with Crippen molar-refractivity contribution in [2.24, 2.45) is 0 Å². The fraction of sp³-hybridized carbons (Fsp3) is 1.00. The molecule has 0 bridgehead atoms. The van der Waals surface area contributed by atoms with E-state index in [1.807, 2.05) is 0 Å². The molecule has 0 rings (SSSR count). The van der Waals surface area contributed by atoms with Crippen LogP contribution in [0.25, 0.3) is 0 Å². The van der Waals surface area contributed by atoms with Crippen LogP contribution in [-0.4, -0.2) is 30.3 Å². The van der Waals surface area contributed by atoms with Crippen LogP contribution in [0.3, 0.4) is 0 Å². The molecule has 0 unspecified atom stereocenters. The van der Waals surface area contributed by atoms with Crippen LogP contribution in [-0.2, 0) is 45.3 Å². The molecule has 0 aliphatic carbocycles. The van der Waals surface area contributed by atoms with Crippen molar-refractivity contribution >= 4 is 12.6 Å². The summed E-state index contributed by atoms with van der Waals surface area (Å²) in [4.78, 5) is 2.33. The summed E-state index contributed by atoms with van der Waals surface area (Å²) in [5.74, 6) is 0.863. The van der Waals surface area contributed by atoms with Gasteiger partial charge in [-0.15, -0.1) is 0 Å². The van der Waals surface area contributed by atoms with Gasteiger partial charge in [-0.3, -0.25) is 0 Å². The van der Waals surface area contributed by atoms with Crippen molar-refractivity contribution in [2.75, 3.05) is 25.4 Å². The molecule has 3 heteroatoms.